The van der Waals surface area contributed by atoms with Gasteiger partial charge >= 0.3 is 6.18 Å². The number of aromatic nitrogens is 1. The van der Waals surface area contributed by atoms with Crippen LogP contribution in [0.1, 0.15) is 56.2 Å². The van der Waals surface area contributed by atoms with E-state index in [9.17, 15) is 32.7 Å². The fourth-order valence-corrected chi connectivity index (χ4v) is 9.06. The van der Waals surface area contributed by atoms with Crippen molar-refractivity contribution in [3.05, 3.63) is 93.1 Å². The average Bonchev–Trinajstić information content (AvgIpc) is 3.46. The molecule has 1 aromatic heterocycles. The van der Waals surface area contributed by atoms with Gasteiger partial charge in [-0.15, -0.1) is 0 Å². The molecular formula is C37H33Cl2F3N4O6. The molecule has 2 aliphatic carbocycles. The number of hydrogen-bond acceptors (Lipinski definition) is 8. The first-order valence-electron chi connectivity index (χ1n) is 16.5. The minimum absolute atomic E-state index is 0.0273. The normalized spacial score (nSPS) is 27.3. The Hall–Kier alpha value is -4.62. The third-order valence-electron chi connectivity index (χ3n) is 10.8. The molecule has 3 aromatic rings. The number of hydrazine groups is 1. The highest BCUT2D eigenvalue weighted by Crippen LogP contribution is 2.65. The molecule has 272 valence electrons. The maximum Gasteiger partial charge on any atom is 0.417 e. The van der Waals surface area contributed by atoms with Crippen LogP contribution >= 0.6 is 23.2 Å². The zero-order chi connectivity index (χ0) is 37.7. The Labute approximate surface area is 306 Å². The Kier molecular flexibility index (Phi) is 8.41. The zero-order valence-electron chi connectivity index (χ0n) is 28.3. The summed E-state index contributed by atoms with van der Waals surface area (Å²) in [6.45, 7) is 5.32. The number of phenols is 1. The van der Waals surface area contributed by atoms with E-state index in [1.165, 1.54) is 24.1 Å². The van der Waals surface area contributed by atoms with Crippen LogP contribution in [0, 0.1) is 23.7 Å². The fraction of sp³-hybridized carbons (Fsp3) is 0.378. The molecule has 52 heavy (non-hydrogen) atoms. The number of allylic oxidation sites excluding steroid dienone is 2. The number of aromatic hydroxyl groups is 1. The lowest BCUT2D eigenvalue weighted by atomic mass is 9.49. The van der Waals surface area contributed by atoms with Crippen LogP contribution in [0.2, 0.25) is 10.0 Å². The summed E-state index contributed by atoms with van der Waals surface area (Å²) in [5.74, 6) is -6.88. The summed E-state index contributed by atoms with van der Waals surface area (Å²) in [6, 6.07) is 11.4. The molecule has 7 rings (SSSR count). The van der Waals surface area contributed by atoms with Crippen LogP contribution in [0.3, 0.4) is 0 Å². The number of halogens is 5. The third-order valence-corrected chi connectivity index (χ3v) is 11.3. The van der Waals surface area contributed by atoms with Crippen LogP contribution in [0.15, 0.2) is 66.4 Å². The van der Waals surface area contributed by atoms with Gasteiger partial charge < -0.3 is 9.84 Å². The summed E-state index contributed by atoms with van der Waals surface area (Å²) >= 11 is 12.6. The second-order valence-electron chi connectivity index (χ2n) is 14.5. The number of imide groups is 2. The van der Waals surface area contributed by atoms with Gasteiger partial charge in [-0.25, -0.2) is 4.98 Å². The molecule has 0 bridgehead atoms. The first-order valence-corrected chi connectivity index (χ1v) is 17.2. The lowest BCUT2D eigenvalue weighted by molar-refractivity contribution is -0.146. The summed E-state index contributed by atoms with van der Waals surface area (Å²) in [5.41, 5.74) is 0.371. The Morgan fingerprint density at radius 3 is 2.27 bits per heavy atom. The van der Waals surface area contributed by atoms with Crippen LogP contribution in [0.4, 0.5) is 19.0 Å². The number of hydrogen-bond donors (Lipinski definition) is 2. The third kappa shape index (κ3) is 5.26. The van der Waals surface area contributed by atoms with E-state index in [0.29, 0.717) is 34.0 Å². The van der Waals surface area contributed by atoms with Gasteiger partial charge in [0.15, 0.2) is 5.82 Å². The van der Waals surface area contributed by atoms with Crippen molar-refractivity contribution in [2.75, 3.05) is 12.5 Å². The van der Waals surface area contributed by atoms with Gasteiger partial charge in [0.25, 0.3) is 11.8 Å². The summed E-state index contributed by atoms with van der Waals surface area (Å²) in [7, 11) is 1.39. The quantitative estimate of drug-likeness (QED) is 0.213. The lowest BCUT2D eigenvalue weighted by Gasteiger charge is -2.50. The molecule has 0 radical (unpaired) electrons. The minimum atomic E-state index is -4.75. The van der Waals surface area contributed by atoms with E-state index < -0.39 is 69.1 Å². The molecule has 2 aromatic carbocycles. The second-order valence-corrected chi connectivity index (χ2v) is 15.4. The minimum Gasteiger partial charge on any atom is -0.508 e. The van der Waals surface area contributed by atoms with Gasteiger partial charge in [-0.05, 0) is 69.4 Å². The van der Waals surface area contributed by atoms with Gasteiger partial charge in [-0.2, -0.15) is 18.2 Å². The number of likely N-dealkylation sites (tertiary alicyclic amines) is 1. The number of phenolic OH excluding ortho intramolecular Hbond substituents is 1. The van der Waals surface area contributed by atoms with Crippen LogP contribution in [0.25, 0.3) is 0 Å². The van der Waals surface area contributed by atoms with Gasteiger partial charge in [0.2, 0.25) is 11.8 Å². The summed E-state index contributed by atoms with van der Waals surface area (Å²) in [4.78, 5) is 63.2. The smallest absolute Gasteiger partial charge is 0.417 e. The van der Waals surface area contributed by atoms with Crippen LogP contribution < -0.4 is 10.2 Å². The van der Waals surface area contributed by atoms with E-state index in [-0.39, 0.29) is 42.0 Å². The highest BCUT2D eigenvalue weighted by Gasteiger charge is 2.71. The predicted octanol–water partition coefficient (Wildman–Crippen LogP) is 6.90. The molecule has 3 heterocycles. The SMILES string of the molecule is COc1cc(O)ccc1[C@H]1C2=CC[C@@H]3C(=O)N(C(C)(C)C)C(=O)[C@@H]3[C@@H]2C[C@H]2C(=O)N(Nc3ncc(C(F)(F)F)cc3Cl)C(=O)[C@@]12c1ccc(Cl)cc1. The number of methoxy groups -OCH3 is 1. The van der Waals surface area contributed by atoms with Gasteiger partial charge in [-0.1, -0.05) is 53.1 Å². The molecule has 1 saturated carbocycles. The average molecular weight is 758 g/mol. The first-order chi connectivity index (χ1) is 24.4. The molecule has 2 saturated heterocycles. The van der Waals surface area contributed by atoms with Gasteiger partial charge in [0.1, 0.15) is 11.5 Å². The number of nitrogens with one attached hydrogen (secondary N) is 1. The molecule has 3 fully saturated rings. The van der Waals surface area contributed by atoms with E-state index in [1.54, 1.807) is 51.1 Å². The van der Waals surface area contributed by atoms with Gasteiger partial charge in [0.05, 0.1) is 40.9 Å². The molecular weight excluding hydrogens is 724 g/mol. The number of amides is 4. The van der Waals surface area contributed by atoms with Crippen molar-refractivity contribution in [2.24, 2.45) is 23.7 Å². The first kappa shape index (κ1) is 35.8. The number of ether oxygens (including phenoxy) is 1. The zero-order valence-corrected chi connectivity index (χ0v) is 29.8. The van der Waals surface area contributed by atoms with Crippen molar-refractivity contribution in [2.45, 2.75) is 56.7 Å². The summed E-state index contributed by atoms with van der Waals surface area (Å²) < 4.78 is 46.1. The molecule has 6 atom stereocenters. The number of carbonyl (C=O) groups excluding carboxylic acids is 4. The topological polar surface area (TPSA) is 129 Å². The number of carbonyl (C=O) groups is 4. The molecule has 2 N–H and O–H groups in total. The number of anilines is 1. The maximum atomic E-state index is 15.3. The number of nitrogens with zero attached hydrogens (tertiary/aromatic N) is 3. The summed E-state index contributed by atoms with van der Waals surface area (Å²) in [5, 5.41) is 11.1. The van der Waals surface area contributed by atoms with Crippen molar-refractivity contribution in [3.8, 4) is 11.5 Å². The Morgan fingerprint density at radius 2 is 1.65 bits per heavy atom. The number of alkyl halides is 3. The Morgan fingerprint density at radius 1 is 0.962 bits per heavy atom. The molecule has 4 amide bonds. The second kappa shape index (κ2) is 12.2. The van der Waals surface area contributed by atoms with Crippen molar-refractivity contribution < 1.29 is 42.2 Å². The molecule has 2 aliphatic heterocycles. The number of rotatable bonds is 5. The standard InChI is InChI=1S/C37H33Cl2F3N4O6/c1-35(2,3)45-31(48)23-12-11-21-24(28(23)33(45)50)15-25-32(49)46(44-30-26(39)13-18(16-43-30)37(40,41)42)34(51)36(25,17-5-7-19(38)8-6-17)29(21)22-10-9-20(47)14-27(22)52-4/h5-11,13-14,16,23-25,28-29,47H,12,15H2,1-4H3,(H,43,44)/t23-,24+,25-,28-,29+,36+/m0/s1. The van der Waals surface area contributed by atoms with E-state index in [4.69, 9.17) is 27.9 Å². The Balaban J connectivity index is 1.46. The van der Waals surface area contributed by atoms with E-state index >= 15 is 4.79 Å². The number of benzene rings is 2. The molecule has 0 spiro atoms. The van der Waals surface area contributed by atoms with Gasteiger partial charge in [0, 0.05) is 34.3 Å². The van der Waals surface area contributed by atoms with Crippen LogP contribution in [-0.4, -0.2) is 56.3 Å². The van der Waals surface area contributed by atoms with Crippen molar-refractivity contribution in [3.63, 3.8) is 0 Å². The van der Waals surface area contributed by atoms with Gasteiger partial charge in [-0.3, -0.25) is 29.5 Å². The monoisotopic (exact) mass is 756 g/mol. The lowest BCUT2D eigenvalue weighted by Crippen LogP contribution is -2.53. The van der Waals surface area contributed by atoms with Crippen LogP contribution in [0.5, 0.6) is 11.5 Å². The molecule has 4 aliphatic rings. The van der Waals surface area contributed by atoms with E-state index in [2.05, 4.69) is 10.4 Å². The highest BCUT2D eigenvalue weighted by atomic mass is 35.5. The van der Waals surface area contributed by atoms with Crippen LogP contribution in [-0.2, 0) is 30.8 Å². The Bertz CT molecular complexity index is 2070. The van der Waals surface area contributed by atoms with Crippen molar-refractivity contribution in [1.82, 2.24) is 14.9 Å². The molecule has 0 unspecified atom stereocenters. The van der Waals surface area contributed by atoms with Crippen molar-refractivity contribution >= 4 is 52.6 Å². The highest BCUT2D eigenvalue weighted by molar-refractivity contribution is 6.33. The predicted molar refractivity (Wildman–Crippen MR) is 183 cm³/mol. The molecule has 15 heteroatoms. The molecule has 10 nitrogen and oxygen atoms in total. The van der Waals surface area contributed by atoms with E-state index in [1.807, 2.05) is 6.08 Å². The maximum absolute atomic E-state index is 15.3. The van der Waals surface area contributed by atoms with Crippen molar-refractivity contribution in [1.29, 1.82) is 0 Å². The van der Waals surface area contributed by atoms with E-state index in [0.717, 1.165) is 5.01 Å². The summed E-state index contributed by atoms with van der Waals surface area (Å²) in [6.07, 6.45) is -2.17. The number of fused-ring (bicyclic) bond motifs is 4. The fourth-order valence-electron chi connectivity index (χ4n) is 8.73. The largest absolute Gasteiger partial charge is 0.508 e. The number of pyridine rings is 1.